The highest BCUT2D eigenvalue weighted by atomic mass is 16.5. The van der Waals surface area contributed by atoms with Gasteiger partial charge in [-0.2, -0.15) is 10.5 Å². The molecule has 0 saturated carbocycles. The summed E-state index contributed by atoms with van der Waals surface area (Å²) in [5, 5.41) is 18.5. The van der Waals surface area contributed by atoms with Gasteiger partial charge in [-0.15, -0.1) is 6.58 Å². The van der Waals surface area contributed by atoms with Crippen molar-refractivity contribution in [1.82, 2.24) is 0 Å². The topological polar surface area (TPSA) is 66.0 Å². The molecule has 4 nitrogen and oxygen atoms in total. The number of hydrogen-bond donors (Lipinski definition) is 0. The second-order valence-electron chi connectivity index (χ2n) is 6.25. The molecular formula is C24H24N2O2. The van der Waals surface area contributed by atoms with Gasteiger partial charge in [0.25, 0.3) is 0 Å². The molecule has 0 amide bonds. The number of nitriles is 2. The monoisotopic (exact) mass is 372 g/mol. The maximum Gasteiger partial charge on any atom is 0.130 e. The average molecular weight is 372 g/mol. The van der Waals surface area contributed by atoms with Gasteiger partial charge in [0.05, 0.1) is 37.0 Å². The number of nitrogens with zero attached hydrogens (tertiary/aromatic N) is 2. The largest absolute Gasteiger partial charge is 0.497 e. The SMILES string of the molecule is C=CCCCCCOc1cc(OC)ccc1/C=C(\C#N)c1ccc(C#N)cc1. The van der Waals surface area contributed by atoms with E-state index in [1.807, 2.05) is 24.3 Å². The molecule has 0 aliphatic carbocycles. The predicted molar refractivity (Wildman–Crippen MR) is 112 cm³/mol. The third kappa shape index (κ3) is 6.04. The molecule has 2 aromatic rings. The van der Waals surface area contributed by atoms with Crippen LogP contribution in [0.4, 0.5) is 0 Å². The van der Waals surface area contributed by atoms with Gasteiger partial charge < -0.3 is 9.47 Å². The summed E-state index contributed by atoms with van der Waals surface area (Å²) < 4.78 is 11.3. The Morgan fingerprint density at radius 2 is 1.86 bits per heavy atom. The van der Waals surface area contributed by atoms with Crippen molar-refractivity contribution in [3.8, 4) is 23.6 Å². The Kier molecular flexibility index (Phi) is 8.37. The fraction of sp³-hybridized carbons (Fsp3) is 0.250. The van der Waals surface area contributed by atoms with Crippen LogP contribution in [0.1, 0.15) is 42.4 Å². The third-order valence-corrected chi connectivity index (χ3v) is 4.28. The summed E-state index contributed by atoms with van der Waals surface area (Å²) >= 11 is 0. The number of benzene rings is 2. The van der Waals surface area contributed by atoms with E-state index < -0.39 is 0 Å². The summed E-state index contributed by atoms with van der Waals surface area (Å²) in [6.45, 7) is 4.33. The Morgan fingerprint density at radius 1 is 1.07 bits per heavy atom. The molecule has 0 aliphatic heterocycles. The summed E-state index contributed by atoms with van der Waals surface area (Å²) in [5.74, 6) is 1.39. The maximum atomic E-state index is 9.60. The summed E-state index contributed by atoms with van der Waals surface area (Å²) in [4.78, 5) is 0. The zero-order valence-electron chi connectivity index (χ0n) is 16.1. The Hall–Kier alpha value is -3.50. The van der Waals surface area contributed by atoms with Gasteiger partial charge in [-0.1, -0.05) is 18.2 Å². The van der Waals surface area contributed by atoms with E-state index in [4.69, 9.17) is 14.7 Å². The number of methoxy groups -OCH3 is 1. The maximum absolute atomic E-state index is 9.60. The van der Waals surface area contributed by atoms with E-state index in [0.29, 0.717) is 29.2 Å². The van der Waals surface area contributed by atoms with Crippen molar-refractivity contribution in [2.45, 2.75) is 25.7 Å². The van der Waals surface area contributed by atoms with Crippen molar-refractivity contribution < 1.29 is 9.47 Å². The van der Waals surface area contributed by atoms with Crippen LogP contribution in [-0.2, 0) is 0 Å². The van der Waals surface area contributed by atoms with Gasteiger partial charge in [-0.3, -0.25) is 0 Å². The first-order chi connectivity index (χ1) is 13.7. The van der Waals surface area contributed by atoms with Crippen LogP contribution in [0.2, 0.25) is 0 Å². The number of allylic oxidation sites excluding steroid dienone is 2. The van der Waals surface area contributed by atoms with Gasteiger partial charge in [0.1, 0.15) is 11.5 Å². The van der Waals surface area contributed by atoms with Crippen molar-refractivity contribution in [2.75, 3.05) is 13.7 Å². The molecule has 0 saturated heterocycles. The minimum Gasteiger partial charge on any atom is -0.497 e. The molecule has 0 bridgehead atoms. The average Bonchev–Trinajstić information content (AvgIpc) is 2.75. The summed E-state index contributed by atoms with van der Waals surface area (Å²) in [5.41, 5.74) is 2.64. The first kappa shape index (κ1) is 20.8. The van der Waals surface area contributed by atoms with Crippen LogP contribution in [0.3, 0.4) is 0 Å². The van der Waals surface area contributed by atoms with Crippen LogP contribution >= 0.6 is 0 Å². The molecule has 0 unspecified atom stereocenters. The molecule has 0 spiro atoms. The van der Waals surface area contributed by atoms with E-state index in [-0.39, 0.29) is 0 Å². The lowest BCUT2D eigenvalue weighted by atomic mass is 10.0. The van der Waals surface area contributed by atoms with E-state index >= 15 is 0 Å². The first-order valence-corrected chi connectivity index (χ1v) is 9.26. The van der Waals surface area contributed by atoms with E-state index in [2.05, 4.69) is 18.7 Å². The molecule has 28 heavy (non-hydrogen) atoms. The molecule has 0 aromatic heterocycles. The smallest absolute Gasteiger partial charge is 0.130 e. The van der Waals surface area contributed by atoms with Gasteiger partial charge in [0.15, 0.2) is 0 Å². The highest BCUT2D eigenvalue weighted by Crippen LogP contribution is 2.29. The molecule has 0 heterocycles. The first-order valence-electron chi connectivity index (χ1n) is 9.26. The third-order valence-electron chi connectivity index (χ3n) is 4.28. The molecule has 0 N–H and O–H groups in total. The van der Waals surface area contributed by atoms with E-state index in [1.54, 1.807) is 37.5 Å². The highest BCUT2D eigenvalue weighted by molar-refractivity contribution is 5.90. The lowest BCUT2D eigenvalue weighted by Gasteiger charge is -2.12. The molecule has 2 rings (SSSR count). The second-order valence-corrected chi connectivity index (χ2v) is 6.25. The Bertz CT molecular complexity index is 900. The number of rotatable bonds is 10. The fourth-order valence-corrected chi connectivity index (χ4v) is 2.70. The minimum absolute atomic E-state index is 0.505. The summed E-state index contributed by atoms with van der Waals surface area (Å²) in [6, 6.07) is 16.8. The molecule has 0 atom stereocenters. The standard InChI is InChI=1S/C24H24N2O2/c1-3-4-5-6-7-14-28-24-16-23(27-2)13-12-21(24)15-22(18-26)20-10-8-19(17-25)9-11-20/h3,8-13,15-16H,1,4-7,14H2,2H3/b22-15+. The molecule has 0 fully saturated rings. The molecule has 0 aliphatic rings. The zero-order valence-corrected chi connectivity index (χ0v) is 16.1. The highest BCUT2D eigenvalue weighted by Gasteiger charge is 2.08. The predicted octanol–water partition coefficient (Wildman–Crippen LogP) is 5.76. The van der Waals surface area contributed by atoms with Crippen molar-refractivity contribution in [3.63, 3.8) is 0 Å². The summed E-state index contributed by atoms with van der Waals surface area (Å²) in [7, 11) is 1.61. The van der Waals surface area contributed by atoms with Crippen molar-refractivity contribution >= 4 is 11.6 Å². The van der Waals surface area contributed by atoms with Gasteiger partial charge in [0.2, 0.25) is 0 Å². The summed E-state index contributed by atoms with van der Waals surface area (Å²) in [6.07, 6.45) is 7.88. The molecular weight excluding hydrogens is 348 g/mol. The zero-order chi connectivity index (χ0) is 20.2. The Labute approximate surface area is 167 Å². The normalized spacial score (nSPS) is 10.6. The second kappa shape index (κ2) is 11.3. The van der Waals surface area contributed by atoms with Crippen molar-refractivity contribution in [1.29, 1.82) is 10.5 Å². The van der Waals surface area contributed by atoms with Gasteiger partial charge in [0, 0.05) is 11.6 Å². The lowest BCUT2D eigenvalue weighted by molar-refractivity contribution is 0.302. The van der Waals surface area contributed by atoms with E-state index in [9.17, 15) is 5.26 Å². The van der Waals surface area contributed by atoms with E-state index in [1.165, 1.54) is 0 Å². The fourth-order valence-electron chi connectivity index (χ4n) is 2.70. The van der Waals surface area contributed by atoms with Crippen LogP contribution in [0.5, 0.6) is 11.5 Å². The van der Waals surface area contributed by atoms with Crippen LogP contribution in [0, 0.1) is 22.7 Å². The Morgan fingerprint density at radius 3 is 2.50 bits per heavy atom. The number of hydrogen-bond acceptors (Lipinski definition) is 4. The van der Waals surface area contributed by atoms with Crippen LogP contribution in [0.25, 0.3) is 11.6 Å². The molecule has 142 valence electrons. The minimum atomic E-state index is 0.505. The molecule has 2 aromatic carbocycles. The van der Waals surface area contributed by atoms with Gasteiger partial charge >= 0.3 is 0 Å². The van der Waals surface area contributed by atoms with Crippen molar-refractivity contribution in [3.05, 3.63) is 71.8 Å². The quantitative estimate of drug-likeness (QED) is 0.230. The van der Waals surface area contributed by atoms with E-state index in [0.717, 1.165) is 36.8 Å². The number of unbranched alkanes of at least 4 members (excludes halogenated alkanes) is 3. The van der Waals surface area contributed by atoms with Crippen molar-refractivity contribution in [2.24, 2.45) is 0 Å². The van der Waals surface area contributed by atoms with Crippen LogP contribution in [-0.4, -0.2) is 13.7 Å². The number of ether oxygens (including phenoxy) is 2. The lowest BCUT2D eigenvalue weighted by Crippen LogP contribution is -1.99. The van der Waals surface area contributed by atoms with Crippen LogP contribution < -0.4 is 9.47 Å². The van der Waals surface area contributed by atoms with Crippen LogP contribution in [0.15, 0.2) is 55.1 Å². The molecule has 4 heteroatoms. The van der Waals surface area contributed by atoms with Gasteiger partial charge in [-0.05, 0) is 61.6 Å². The Balaban J connectivity index is 2.21. The van der Waals surface area contributed by atoms with Gasteiger partial charge in [-0.25, -0.2) is 0 Å². The molecule has 0 radical (unpaired) electrons.